The number of phenols is 1. The summed E-state index contributed by atoms with van der Waals surface area (Å²) >= 11 is 0. The minimum absolute atomic E-state index is 0.00365. The zero-order valence-corrected chi connectivity index (χ0v) is 9.76. The number of hydrogen-bond donors (Lipinski definition) is 3. The number of hydrazone groups is 1. The van der Waals surface area contributed by atoms with Gasteiger partial charge in [0.05, 0.1) is 6.21 Å². The maximum atomic E-state index is 11.4. The summed E-state index contributed by atoms with van der Waals surface area (Å²) in [6, 6.07) is 6.45. The lowest BCUT2D eigenvalue weighted by Gasteiger charge is -1.98. The molecular weight excluding hydrogens is 250 g/mol. The second kappa shape index (κ2) is 5.58. The molecule has 9 heteroatoms. The molecule has 0 bridgehead atoms. The number of nitrogen functional groups attached to an aromatic ring is 1. The molecule has 0 saturated heterocycles. The van der Waals surface area contributed by atoms with Crippen molar-refractivity contribution in [3.05, 3.63) is 29.8 Å². The molecule has 0 radical (unpaired) electrons. The maximum Gasteiger partial charge on any atom is 0.263 e. The lowest BCUT2D eigenvalue weighted by atomic mass is 10.2. The average Bonchev–Trinajstić information content (AvgIpc) is 2.75. The van der Waals surface area contributed by atoms with Crippen LogP contribution in [0.4, 0.5) is 5.95 Å². The molecule has 0 aliphatic carbocycles. The van der Waals surface area contributed by atoms with Crippen LogP contribution in [0.2, 0.25) is 0 Å². The van der Waals surface area contributed by atoms with E-state index in [0.717, 1.165) is 4.80 Å². The molecule has 0 aliphatic rings. The molecule has 1 aromatic carbocycles. The summed E-state index contributed by atoms with van der Waals surface area (Å²) < 4.78 is 0. The third kappa shape index (κ3) is 3.77. The van der Waals surface area contributed by atoms with Gasteiger partial charge in [0.2, 0.25) is 0 Å². The minimum atomic E-state index is -0.422. The number of nitrogens with one attached hydrogen (secondary N) is 1. The van der Waals surface area contributed by atoms with E-state index < -0.39 is 5.91 Å². The second-order valence-corrected chi connectivity index (χ2v) is 3.57. The van der Waals surface area contributed by atoms with Crippen LogP contribution in [0, 0.1) is 0 Å². The Morgan fingerprint density at radius 3 is 3.11 bits per heavy atom. The molecule has 0 fully saturated rings. The molecular formula is C10H11N7O2. The zero-order valence-electron chi connectivity index (χ0n) is 9.76. The topological polar surface area (TPSA) is 131 Å². The number of rotatable bonds is 4. The first-order valence-electron chi connectivity index (χ1n) is 5.28. The zero-order chi connectivity index (χ0) is 13.7. The van der Waals surface area contributed by atoms with Crippen LogP contribution in [0.25, 0.3) is 0 Å². The first kappa shape index (κ1) is 12.5. The molecule has 2 aromatic rings. The van der Waals surface area contributed by atoms with Crippen LogP contribution in [-0.2, 0) is 11.3 Å². The van der Waals surface area contributed by atoms with Crippen LogP contribution in [0.15, 0.2) is 29.4 Å². The normalized spacial score (nSPS) is 10.7. The molecule has 1 amide bonds. The van der Waals surface area contributed by atoms with Gasteiger partial charge in [-0.2, -0.15) is 9.90 Å². The summed E-state index contributed by atoms with van der Waals surface area (Å²) in [5, 5.41) is 23.6. The van der Waals surface area contributed by atoms with Gasteiger partial charge in [-0.1, -0.05) is 17.2 Å². The molecule has 0 saturated carbocycles. The van der Waals surface area contributed by atoms with Gasteiger partial charge in [0, 0.05) is 0 Å². The SMILES string of the molecule is Nc1nnn(CC(=O)N/N=C/c2cccc(O)c2)n1. The number of hydrogen-bond acceptors (Lipinski definition) is 7. The molecule has 9 nitrogen and oxygen atoms in total. The highest BCUT2D eigenvalue weighted by molar-refractivity contribution is 5.82. The average molecular weight is 261 g/mol. The van der Waals surface area contributed by atoms with Crippen LogP contribution in [0.3, 0.4) is 0 Å². The Bertz CT molecular complexity index is 607. The van der Waals surface area contributed by atoms with E-state index >= 15 is 0 Å². The molecule has 98 valence electrons. The number of aromatic hydroxyl groups is 1. The van der Waals surface area contributed by atoms with Gasteiger partial charge in [-0.15, -0.1) is 5.10 Å². The van der Waals surface area contributed by atoms with Gasteiger partial charge < -0.3 is 10.8 Å². The van der Waals surface area contributed by atoms with Crippen molar-refractivity contribution in [1.82, 2.24) is 25.6 Å². The number of aromatic nitrogens is 4. The molecule has 19 heavy (non-hydrogen) atoms. The molecule has 0 unspecified atom stereocenters. The molecule has 0 spiro atoms. The maximum absolute atomic E-state index is 11.4. The Morgan fingerprint density at radius 1 is 1.58 bits per heavy atom. The highest BCUT2D eigenvalue weighted by Gasteiger charge is 2.04. The van der Waals surface area contributed by atoms with Gasteiger partial charge >= 0.3 is 0 Å². The van der Waals surface area contributed by atoms with Gasteiger partial charge in [0.15, 0.2) is 0 Å². The van der Waals surface area contributed by atoms with Crippen molar-refractivity contribution >= 4 is 18.1 Å². The monoisotopic (exact) mass is 261 g/mol. The van der Waals surface area contributed by atoms with E-state index in [2.05, 4.69) is 25.9 Å². The number of carbonyl (C=O) groups excluding carboxylic acids is 1. The number of benzene rings is 1. The Balaban J connectivity index is 1.86. The predicted molar refractivity (Wildman–Crippen MR) is 66.1 cm³/mol. The van der Waals surface area contributed by atoms with Crippen molar-refractivity contribution in [3.63, 3.8) is 0 Å². The van der Waals surface area contributed by atoms with E-state index in [1.54, 1.807) is 12.1 Å². The lowest BCUT2D eigenvalue weighted by molar-refractivity contribution is -0.122. The molecule has 4 N–H and O–H groups in total. The summed E-state index contributed by atoms with van der Waals surface area (Å²) in [4.78, 5) is 12.5. The number of tetrazole rings is 1. The van der Waals surface area contributed by atoms with E-state index in [0.29, 0.717) is 5.56 Å². The van der Waals surface area contributed by atoms with Gasteiger partial charge in [-0.25, -0.2) is 5.43 Å². The van der Waals surface area contributed by atoms with E-state index in [-0.39, 0.29) is 18.2 Å². The third-order valence-corrected chi connectivity index (χ3v) is 2.03. The Morgan fingerprint density at radius 2 is 2.42 bits per heavy atom. The summed E-state index contributed by atoms with van der Waals surface area (Å²) in [6.45, 7) is -0.137. The van der Waals surface area contributed by atoms with Crippen LogP contribution in [0.1, 0.15) is 5.56 Å². The van der Waals surface area contributed by atoms with Crippen molar-refractivity contribution in [3.8, 4) is 5.75 Å². The van der Waals surface area contributed by atoms with Crippen molar-refractivity contribution < 1.29 is 9.90 Å². The molecule has 0 aliphatic heterocycles. The fourth-order valence-electron chi connectivity index (χ4n) is 1.27. The van der Waals surface area contributed by atoms with Crippen LogP contribution < -0.4 is 11.2 Å². The number of nitrogens with two attached hydrogens (primary N) is 1. The van der Waals surface area contributed by atoms with Gasteiger partial charge in [0.25, 0.3) is 11.9 Å². The predicted octanol–water partition coefficient (Wildman–Crippen LogP) is -0.889. The van der Waals surface area contributed by atoms with E-state index in [9.17, 15) is 9.90 Å². The number of carbonyl (C=O) groups is 1. The highest BCUT2D eigenvalue weighted by atomic mass is 16.3. The highest BCUT2D eigenvalue weighted by Crippen LogP contribution is 2.08. The van der Waals surface area contributed by atoms with Crippen LogP contribution >= 0.6 is 0 Å². The Kier molecular flexibility index (Phi) is 3.67. The first-order valence-corrected chi connectivity index (χ1v) is 5.28. The van der Waals surface area contributed by atoms with Gasteiger partial charge in [-0.05, 0) is 22.9 Å². The van der Waals surface area contributed by atoms with Crippen molar-refractivity contribution in [2.45, 2.75) is 6.54 Å². The number of phenolic OH excluding ortho intramolecular Hbond substituents is 1. The lowest BCUT2D eigenvalue weighted by Crippen LogP contribution is -2.24. The number of anilines is 1. The molecule has 0 atom stereocenters. The molecule has 1 heterocycles. The molecule has 2 rings (SSSR count). The summed E-state index contributed by atoms with van der Waals surface area (Å²) in [5.74, 6) is -0.303. The number of nitrogens with zero attached hydrogens (tertiary/aromatic N) is 5. The van der Waals surface area contributed by atoms with E-state index in [1.165, 1.54) is 18.3 Å². The smallest absolute Gasteiger partial charge is 0.263 e. The largest absolute Gasteiger partial charge is 0.508 e. The fourth-order valence-corrected chi connectivity index (χ4v) is 1.27. The van der Waals surface area contributed by atoms with Gasteiger partial charge in [0.1, 0.15) is 12.3 Å². The Hall–Kier alpha value is -2.97. The van der Waals surface area contributed by atoms with E-state index in [4.69, 9.17) is 5.73 Å². The minimum Gasteiger partial charge on any atom is -0.508 e. The standard InChI is InChI=1S/C10H11N7O2/c11-10-14-16-17(15-10)6-9(19)13-12-5-7-2-1-3-8(18)4-7/h1-5,18H,6H2,(H2,11,15)(H,13,19)/b12-5+. The first-order chi connectivity index (χ1) is 9.13. The van der Waals surface area contributed by atoms with Crippen molar-refractivity contribution in [1.29, 1.82) is 0 Å². The van der Waals surface area contributed by atoms with Crippen LogP contribution in [0.5, 0.6) is 5.75 Å². The fraction of sp³-hybridized carbons (Fsp3) is 0.100. The van der Waals surface area contributed by atoms with Crippen molar-refractivity contribution in [2.24, 2.45) is 5.10 Å². The third-order valence-electron chi connectivity index (χ3n) is 2.03. The summed E-state index contributed by atoms with van der Waals surface area (Å²) in [5.41, 5.74) is 8.20. The second-order valence-electron chi connectivity index (χ2n) is 3.57. The molecule has 1 aromatic heterocycles. The van der Waals surface area contributed by atoms with E-state index in [1.807, 2.05) is 0 Å². The van der Waals surface area contributed by atoms with Gasteiger partial charge in [-0.3, -0.25) is 4.79 Å². The summed E-state index contributed by atoms with van der Waals surface area (Å²) in [7, 11) is 0. The quantitative estimate of drug-likeness (QED) is 0.483. The Labute approximate surface area is 107 Å². The van der Waals surface area contributed by atoms with Crippen molar-refractivity contribution in [2.75, 3.05) is 5.73 Å². The van der Waals surface area contributed by atoms with Crippen LogP contribution in [-0.4, -0.2) is 37.4 Å². The summed E-state index contributed by atoms with van der Waals surface area (Å²) in [6.07, 6.45) is 1.40. The number of amides is 1.